The summed E-state index contributed by atoms with van der Waals surface area (Å²) in [5.74, 6) is 0.800. The second-order valence-electron chi connectivity index (χ2n) is 10.8. The van der Waals surface area contributed by atoms with Crippen LogP contribution in [0.2, 0.25) is 0 Å². The number of carbonyl (C=O) groups excluding carboxylic acids is 2. The number of rotatable bonds is 4. The van der Waals surface area contributed by atoms with E-state index in [1.54, 1.807) is 34.2 Å². The number of nitrogens with zero attached hydrogens (tertiary/aromatic N) is 6. The third kappa shape index (κ3) is 5.50. The van der Waals surface area contributed by atoms with Gasteiger partial charge in [0.05, 0.1) is 17.5 Å². The van der Waals surface area contributed by atoms with Crippen molar-refractivity contribution in [1.29, 1.82) is 0 Å². The van der Waals surface area contributed by atoms with Gasteiger partial charge in [0.2, 0.25) is 0 Å². The maximum absolute atomic E-state index is 13.8. The third-order valence-corrected chi connectivity index (χ3v) is 7.06. The van der Waals surface area contributed by atoms with Crippen LogP contribution in [0, 0.1) is 0 Å². The van der Waals surface area contributed by atoms with E-state index in [-0.39, 0.29) is 17.9 Å². The monoisotopic (exact) mass is 502 g/mol. The Kier molecular flexibility index (Phi) is 6.95. The molecule has 4 heterocycles. The van der Waals surface area contributed by atoms with Crippen molar-refractivity contribution in [1.82, 2.24) is 29.5 Å². The molecule has 5 rings (SSSR count). The highest BCUT2D eigenvalue weighted by atomic mass is 16.6. The lowest BCUT2D eigenvalue weighted by molar-refractivity contribution is 0.0203. The quantitative estimate of drug-likeness (QED) is 0.525. The Morgan fingerprint density at radius 1 is 0.892 bits per heavy atom. The summed E-state index contributed by atoms with van der Waals surface area (Å²) in [6, 6.07) is 12.1. The molecule has 3 aromatic rings. The van der Waals surface area contributed by atoms with Crippen LogP contribution in [0.5, 0.6) is 0 Å². The zero-order chi connectivity index (χ0) is 26.0. The van der Waals surface area contributed by atoms with Gasteiger partial charge in [0.15, 0.2) is 0 Å². The first-order chi connectivity index (χ1) is 17.8. The molecular weight excluding hydrogens is 468 g/mol. The summed E-state index contributed by atoms with van der Waals surface area (Å²) in [5.41, 5.74) is 2.14. The van der Waals surface area contributed by atoms with Gasteiger partial charge in [-0.15, -0.1) is 0 Å². The fourth-order valence-electron chi connectivity index (χ4n) is 5.25. The number of hydrogen-bond acceptors (Lipinski definition) is 6. The van der Waals surface area contributed by atoms with Crippen molar-refractivity contribution >= 4 is 12.0 Å². The molecular formula is C28H34N6O3. The minimum Gasteiger partial charge on any atom is -0.444 e. The molecule has 2 aromatic heterocycles. The van der Waals surface area contributed by atoms with Crippen molar-refractivity contribution in [2.75, 3.05) is 26.2 Å². The number of likely N-dealkylation sites (tertiary alicyclic amines) is 2. The molecule has 1 unspecified atom stereocenters. The Balaban J connectivity index is 1.38. The van der Waals surface area contributed by atoms with Gasteiger partial charge >= 0.3 is 6.09 Å². The summed E-state index contributed by atoms with van der Waals surface area (Å²) >= 11 is 0. The average molecular weight is 503 g/mol. The van der Waals surface area contributed by atoms with Crippen LogP contribution in [0.1, 0.15) is 73.5 Å². The summed E-state index contributed by atoms with van der Waals surface area (Å²) in [6.45, 7) is 8.11. The molecule has 2 aliphatic heterocycles. The van der Waals surface area contributed by atoms with Gasteiger partial charge in [0, 0.05) is 50.4 Å². The maximum Gasteiger partial charge on any atom is 0.410 e. The molecule has 0 aliphatic carbocycles. The normalized spacial score (nSPS) is 18.7. The van der Waals surface area contributed by atoms with Crippen molar-refractivity contribution in [3.63, 3.8) is 0 Å². The van der Waals surface area contributed by atoms with Crippen molar-refractivity contribution in [2.45, 2.75) is 57.5 Å². The largest absolute Gasteiger partial charge is 0.444 e. The van der Waals surface area contributed by atoms with Crippen molar-refractivity contribution < 1.29 is 14.3 Å². The van der Waals surface area contributed by atoms with Gasteiger partial charge in [-0.2, -0.15) is 5.10 Å². The van der Waals surface area contributed by atoms with Crippen molar-refractivity contribution in [3.8, 4) is 5.95 Å². The molecule has 0 bridgehead atoms. The summed E-state index contributed by atoms with van der Waals surface area (Å²) in [7, 11) is 0. The molecule has 2 aliphatic rings. The lowest BCUT2D eigenvalue weighted by Crippen LogP contribution is -2.41. The molecule has 1 aromatic carbocycles. The fraction of sp³-hybridized carbons (Fsp3) is 0.464. The van der Waals surface area contributed by atoms with Gasteiger partial charge in [-0.3, -0.25) is 4.79 Å². The fourth-order valence-corrected chi connectivity index (χ4v) is 5.25. The van der Waals surface area contributed by atoms with Crippen LogP contribution in [-0.4, -0.2) is 73.3 Å². The topological polar surface area (TPSA) is 93.5 Å². The Hall–Kier alpha value is -3.75. The minimum absolute atomic E-state index is 0.00909. The van der Waals surface area contributed by atoms with Crippen LogP contribution in [0.15, 0.2) is 55.0 Å². The standard InChI is InChI=1S/C28H34N6O3/c1-28(2,3)37-27(36)32-15-10-21(11-16-32)24-23(18-31-34(24)26-29-13-7-14-30-26)25(35)33-17-12-22(19-33)20-8-5-4-6-9-20/h4-9,13-14,18,21-22H,10-12,15-17,19H2,1-3H3. The Morgan fingerprint density at radius 2 is 1.54 bits per heavy atom. The van der Waals surface area contributed by atoms with Gasteiger partial charge in [-0.05, 0) is 51.7 Å². The molecule has 194 valence electrons. The van der Waals surface area contributed by atoms with E-state index in [1.807, 2.05) is 43.9 Å². The van der Waals surface area contributed by atoms with Crippen LogP contribution in [0.25, 0.3) is 5.95 Å². The van der Waals surface area contributed by atoms with Crippen LogP contribution in [-0.2, 0) is 4.74 Å². The van der Waals surface area contributed by atoms with Gasteiger partial charge < -0.3 is 14.5 Å². The van der Waals surface area contributed by atoms with E-state index in [9.17, 15) is 9.59 Å². The van der Waals surface area contributed by atoms with Gasteiger partial charge in [0.1, 0.15) is 5.60 Å². The number of benzene rings is 1. The highest BCUT2D eigenvalue weighted by molar-refractivity contribution is 5.95. The Morgan fingerprint density at radius 3 is 2.22 bits per heavy atom. The lowest BCUT2D eigenvalue weighted by atomic mass is 9.91. The van der Waals surface area contributed by atoms with E-state index in [0.29, 0.717) is 56.5 Å². The molecule has 0 N–H and O–H groups in total. The van der Waals surface area contributed by atoms with E-state index in [1.165, 1.54) is 5.56 Å². The van der Waals surface area contributed by atoms with Gasteiger partial charge in [0.25, 0.3) is 11.9 Å². The zero-order valence-electron chi connectivity index (χ0n) is 21.7. The van der Waals surface area contributed by atoms with Crippen molar-refractivity contribution in [3.05, 3.63) is 71.8 Å². The average Bonchev–Trinajstić information content (AvgIpc) is 3.57. The van der Waals surface area contributed by atoms with Gasteiger partial charge in [-0.1, -0.05) is 30.3 Å². The first kappa shape index (κ1) is 24.9. The number of ether oxygens (including phenoxy) is 1. The Bertz CT molecular complexity index is 1230. The first-order valence-corrected chi connectivity index (χ1v) is 13.0. The minimum atomic E-state index is -0.538. The first-order valence-electron chi connectivity index (χ1n) is 13.0. The number of hydrogen-bond donors (Lipinski definition) is 0. The predicted octanol–water partition coefficient (Wildman–Crippen LogP) is 4.41. The van der Waals surface area contributed by atoms with E-state index in [2.05, 4.69) is 27.2 Å². The van der Waals surface area contributed by atoms with Gasteiger partial charge in [-0.25, -0.2) is 19.4 Å². The summed E-state index contributed by atoms with van der Waals surface area (Å²) < 4.78 is 7.26. The van der Waals surface area contributed by atoms with E-state index >= 15 is 0 Å². The van der Waals surface area contributed by atoms with Crippen LogP contribution >= 0.6 is 0 Å². The molecule has 0 saturated carbocycles. The second-order valence-corrected chi connectivity index (χ2v) is 10.8. The summed E-state index contributed by atoms with van der Waals surface area (Å²) in [5, 5.41) is 4.57. The molecule has 9 nitrogen and oxygen atoms in total. The van der Waals surface area contributed by atoms with Crippen LogP contribution < -0.4 is 0 Å². The van der Waals surface area contributed by atoms with Crippen molar-refractivity contribution in [2.24, 2.45) is 0 Å². The Labute approximate surface area is 217 Å². The molecule has 0 spiro atoms. The molecule has 2 amide bonds. The van der Waals surface area contributed by atoms with E-state index in [4.69, 9.17) is 4.74 Å². The number of aromatic nitrogens is 4. The molecule has 2 fully saturated rings. The molecule has 0 radical (unpaired) electrons. The summed E-state index contributed by atoms with van der Waals surface area (Å²) in [4.78, 5) is 38.9. The van der Waals surface area contributed by atoms with Crippen LogP contribution in [0.3, 0.4) is 0 Å². The van der Waals surface area contributed by atoms with E-state index in [0.717, 1.165) is 12.1 Å². The van der Waals surface area contributed by atoms with E-state index < -0.39 is 5.60 Å². The lowest BCUT2D eigenvalue weighted by Gasteiger charge is -2.34. The molecule has 1 atom stereocenters. The third-order valence-electron chi connectivity index (χ3n) is 7.06. The SMILES string of the molecule is CC(C)(C)OC(=O)N1CCC(c2c(C(=O)N3CCC(c4ccccc4)C3)cnn2-c2ncccn2)CC1. The predicted molar refractivity (Wildman–Crippen MR) is 139 cm³/mol. The number of piperidine rings is 1. The summed E-state index contributed by atoms with van der Waals surface area (Å²) in [6.07, 6.45) is 7.04. The highest BCUT2D eigenvalue weighted by Crippen LogP contribution is 2.34. The highest BCUT2D eigenvalue weighted by Gasteiger charge is 2.35. The zero-order valence-corrected chi connectivity index (χ0v) is 21.7. The molecule has 37 heavy (non-hydrogen) atoms. The van der Waals surface area contributed by atoms with Crippen LogP contribution in [0.4, 0.5) is 4.79 Å². The second kappa shape index (κ2) is 10.3. The molecule has 9 heteroatoms. The smallest absolute Gasteiger partial charge is 0.410 e. The number of amides is 2. The maximum atomic E-state index is 13.8. The molecule has 2 saturated heterocycles. The number of carbonyl (C=O) groups is 2.